The lowest BCUT2D eigenvalue weighted by molar-refractivity contribution is -0.142. The lowest BCUT2D eigenvalue weighted by Crippen LogP contribution is -2.38. The first-order chi connectivity index (χ1) is 14.0. The molecule has 0 unspecified atom stereocenters. The summed E-state index contributed by atoms with van der Waals surface area (Å²) in [6.45, 7) is 1.34. The molecule has 1 aliphatic heterocycles. The first kappa shape index (κ1) is 20.6. The van der Waals surface area contributed by atoms with Crippen molar-refractivity contribution in [1.82, 2.24) is 10.2 Å². The molecule has 1 fully saturated rings. The highest BCUT2D eigenvalue weighted by Crippen LogP contribution is 2.24. The molecule has 1 saturated heterocycles. The molecule has 0 aromatic heterocycles. The van der Waals surface area contributed by atoms with Crippen LogP contribution in [0.5, 0.6) is 0 Å². The van der Waals surface area contributed by atoms with Crippen molar-refractivity contribution in [2.24, 2.45) is 5.92 Å². The molecule has 0 aliphatic carbocycles. The van der Waals surface area contributed by atoms with Gasteiger partial charge in [-0.2, -0.15) is 0 Å². The predicted molar refractivity (Wildman–Crippen MR) is 113 cm³/mol. The summed E-state index contributed by atoms with van der Waals surface area (Å²) in [6.07, 6.45) is 2.08. The maximum atomic E-state index is 12.8. The van der Waals surface area contributed by atoms with Gasteiger partial charge in [-0.3, -0.25) is 15.0 Å². The van der Waals surface area contributed by atoms with Crippen LogP contribution in [0.1, 0.15) is 35.2 Å². The topological polar surface area (TPSA) is 82.5 Å². The fourth-order valence-electron chi connectivity index (χ4n) is 3.62. The molecular formula is C23H27N3O3. The number of methoxy groups -OCH3 is 1. The summed E-state index contributed by atoms with van der Waals surface area (Å²) in [4.78, 5) is 26.1. The fourth-order valence-corrected chi connectivity index (χ4v) is 3.62. The minimum atomic E-state index is -0.179. The third-order valence-electron chi connectivity index (χ3n) is 5.47. The Labute approximate surface area is 171 Å². The van der Waals surface area contributed by atoms with E-state index >= 15 is 0 Å². The second-order valence-electron chi connectivity index (χ2n) is 7.30. The molecule has 6 nitrogen and oxygen atoms in total. The monoisotopic (exact) mass is 393 g/mol. The molecular weight excluding hydrogens is 366 g/mol. The van der Waals surface area contributed by atoms with Crippen LogP contribution in [0, 0.1) is 11.3 Å². The standard InChI is InChI=1S/C23H27N3O3/c1-25-22(24)19-7-3-17(4-8-19)18-5-9-20(10-6-18)23(28)26-13-11-16(12-14-26)15-21(27)29-2/h3-10,16H,11-15H2,1-2H3,(H2,24,25). The van der Waals surface area contributed by atoms with E-state index in [0.717, 1.165) is 29.5 Å². The lowest BCUT2D eigenvalue weighted by atomic mass is 9.93. The van der Waals surface area contributed by atoms with Gasteiger partial charge in [0.15, 0.2) is 0 Å². The van der Waals surface area contributed by atoms with Crippen LogP contribution in [-0.4, -0.2) is 49.9 Å². The number of ether oxygens (including phenoxy) is 1. The van der Waals surface area contributed by atoms with E-state index in [1.165, 1.54) is 7.11 Å². The van der Waals surface area contributed by atoms with Crippen LogP contribution in [0.25, 0.3) is 11.1 Å². The van der Waals surface area contributed by atoms with Crippen molar-refractivity contribution in [3.8, 4) is 11.1 Å². The highest BCUT2D eigenvalue weighted by molar-refractivity contribution is 5.97. The Morgan fingerprint density at radius 3 is 2.00 bits per heavy atom. The van der Waals surface area contributed by atoms with Crippen LogP contribution in [0.2, 0.25) is 0 Å². The average molecular weight is 393 g/mol. The van der Waals surface area contributed by atoms with E-state index in [-0.39, 0.29) is 11.9 Å². The zero-order chi connectivity index (χ0) is 20.8. The summed E-state index contributed by atoms with van der Waals surface area (Å²) in [5.41, 5.74) is 3.58. The van der Waals surface area contributed by atoms with E-state index < -0.39 is 0 Å². The number of carbonyl (C=O) groups excluding carboxylic acids is 2. The van der Waals surface area contributed by atoms with E-state index in [2.05, 4.69) is 5.32 Å². The van der Waals surface area contributed by atoms with Crippen LogP contribution in [-0.2, 0) is 9.53 Å². The Hall–Kier alpha value is -3.15. The minimum absolute atomic E-state index is 0.0332. The fraction of sp³-hybridized carbons (Fsp3) is 0.348. The van der Waals surface area contributed by atoms with Gasteiger partial charge < -0.3 is 15.0 Å². The van der Waals surface area contributed by atoms with Gasteiger partial charge in [0, 0.05) is 37.7 Å². The third-order valence-corrected chi connectivity index (χ3v) is 5.47. The van der Waals surface area contributed by atoms with Crippen molar-refractivity contribution in [1.29, 1.82) is 5.41 Å². The zero-order valence-electron chi connectivity index (χ0n) is 16.9. The van der Waals surface area contributed by atoms with Crippen molar-refractivity contribution < 1.29 is 14.3 Å². The number of hydrogen-bond acceptors (Lipinski definition) is 4. The number of esters is 1. The van der Waals surface area contributed by atoms with Crippen LogP contribution >= 0.6 is 0 Å². The second-order valence-corrected chi connectivity index (χ2v) is 7.30. The van der Waals surface area contributed by atoms with E-state index in [9.17, 15) is 9.59 Å². The van der Waals surface area contributed by atoms with Gasteiger partial charge in [-0.05, 0) is 42.0 Å². The Bertz CT molecular complexity index is 867. The maximum absolute atomic E-state index is 12.8. The van der Waals surface area contributed by atoms with Crippen molar-refractivity contribution in [3.05, 3.63) is 59.7 Å². The van der Waals surface area contributed by atoms with Crippen LogP contribution < -0.4 is 5.32 Å². The summed E-state index contributed by atoms with van der Waals surface area (Å²) in [5.74, 6) is 0.529. The van der Waals surface area contributed by atoms with Crippen molar-refractivity contribution >= 4 is 17.7 Å². The van der Waals surface area contributed by atoms with Crippen molar-refractivity contribution in [2.45, 2.75) is 19.3 Å². The number of nitrogens with one attached hydrogen (secondary N) is 2. The molecule has 1 amide bonds. The first-order valence-electron chi connectivity index (χ1n) is 9.85. The number of rotatable bonds is 5. The van der Waals surface area contributed by atoms with Gasteiger partial charge in [0.1, 0.15) is 5.84 Å². The second kappa shape index (κ2) is 9.37. The number of likely N-dealkylation sites (tertiary alicyclic amines) is 1. The summed E-state index contributed by atoms with van der Waals surface area (Å²) in [5, 5.41) is 10.6. The van der Waals surface area contributed by atoms with Gasteiger partial charge in [-0.25, -0.2) is 0 Å². The van der Waals surface area contributed by atoms with Gasteiger partial charge in [-0.15, -0.1) is 0 Å². The Morgan fingerprint density at radius 2 is 1.52 bits per heavy atom. The molecule has 6 heteroatoms. The number of benzene rings is 2. The van der Waals surface area contributed by atoms with Crippen LogP contribution in [0.3, 0.4) is 0 Å². The molecule has 0 spiro atoms. The normalized spacial score (nSPS) is 14.3. The molecule has 2 aromatic rings. The summed E-state index contributed by atoms with van der Waals surface area (Å²) < 4.78 is 4.74. The third kappa shape index (κ3) is 5.02. The smallest absolute Gasteiger partial charge is 0.305 e. The van der Waals surface area contributed by atoms with Gasteiger partial charge in [-0.1, -0.05) is 36.4 Å². The quantitative estimate of drug-likeness (QED) is 0.464. The van der Waals surface area contributed by atoms with E-state index in [1.54, 1.807) is 7.05 Å². The molecule has 29 heavy (non-hydrogen) atoms. The Balaban J connectivity index is 1.61. The Morgan fingerprint density at radius 1 is 1.00 bits per heavy atom. The highest BCUT2D eigenvalue weighted by Gasteiger charge is 2.25. The number of carbonyl (C=O) groups is 2. The molecule has 3 rings (SSSR count). The number of amides is 1. The summed E-state index contributed by atoms with van der Waals surface area (Å²) in [7, 11) is 3.14. The molecule has 2 aromatic carbocycles. The summed E-state index contributed by atoms with van der Waals surface area (Å²) in [6, 6.07) is 15.4. The molecule has 152 valence electrons. The van der Waals surface area contributed by atoms with Crippen molar-refractivity contribution in [2.75, 3.05) is 27.2 Å². The van der Waals surface area contributed by atoms with Gasteiger partial charge >= 0.3 is 5.97 Å². The molecule has 1 aliphatic rings. The first-order valence-corrected chi connectivity index (χ1v) is 9.85. The van der Waals surface area contributed by atoms with Crippen molar-refractivity contribution in [3.63, 3.8) is 0 Å². The van der Waals surface area contributed by atoms with Crippen LogP contribution in [0.4, 0.5) is 0 Å². The number of nitrogens with zero attached hydrogens (tertiary/aromatic N) is 1. The largest absolute Gasteiger partial charge is 0.469 e. The van der Waals surface area contributed by atoms with E-state index in [0.29, 0.717) is 36.8 Å². The summed E-state index contributed by atoms with van der Waals surface area (Å²) >= 11 is 0. The van der Waals surface area contributed by atoms with Gasteiger partial charge in [0.25, 0.3) is 5.91 Å². The molecule has 0 radical (unpaired) electrons. The van der Waals surface area contributed by atoms with E-state index in [1.807, 2.05) is 53.4 Å². The van der Waals surface area contributed by atoms with E-state index in [4.69, 9.17) is 10.1 Å². The van der Waals surface area contributed by atoms with Gasteiger partial charge in [0.05, 0.1) is 7.11 Å². The maximum Gasteiger partial charge on any atom is 0.305 e. The molecule has 0 saturated carbocycles. The molecule has 2 N–H and O–H groups in total. The average Bonchev–Trinajstić information content (AvgIpc) is 2.78. The SMILES string of the molecule is CNC(=N)c1ccc(-c2ccc(C(=O)N3CCC(CC(=O)OC)CC3)cc2)cc1. The van der Waals surface area contributed by atoms with Gasteiger partial charge in [0.2, 0.25) is 0 Å². The zero-order valence-corrected chi connectivity index (χ0v) is 16.9. The number of hydrogen-bond donors (Lipinski definition) is 2. The minimum Gasteiger partial charge on any atom is -0.469 e. The number of amidine groups is 1. The predicted octanol–water partition coefficient (Wildman–Crippen LogP) is 3.31. The molecule has 1 heterocycles. The molecule has 0 atom stereocenters. The number of piperidine rings is 1. The Kier molecular flexibility index (Phi) is 6.65. The van der Waals surface area contributed by atoms with Crippen LogP contribution in [0.15, 0.2) is 48.5 Å². The highest BCUT2D eigenvalue weighted by atomic mass is 16.5. The lowest BCUT2D eigenvalue weighted by Gasteiger charge is -2.31. The molecule has 0 bridgehead atoms.